The molecule has 1 unspecified atom stereocenters. The molecule has 0 aromatic heterocycles. The lowest BCUT2D eigenvalue weighted by Gasteiger charge is -2.41. The van der Waals surface area contributed by atoms with Crippen LogP contribution in [0.4, 0.5) is 0 Å². The van der Waals surface area contributed by atoms with Gasteiger partial charge in [-0.3, -0.25) is 4.90 Å². The van der Waals surface area contributed by atoms with E-state index in [0.29, 0.717) is 6.04 Å². The average molecular weight is 270 g/mol. The van der Waals surface area contributed by atoms with E-state index in [9.17, 15) is 0 Å². The summed E-state index contributed by atoms with van der Waals surface area (Å²) in [6.07, 6.45) is 4.26. The fourth-order valence-electron chi connectivity index (χ4n) is 3.46. The van der Waals surface area contributed by atoms with E-state index < -0.39 is 11.6 Å². The molecular weight excluding hydrogens is 244 g/mol. The zero-order valence-electron chi connectivity index (χ0n) is 12.1. The quantitative estimate of drug-likeness (QED) is 0.813. The number of hydrogen-bond acceptors (Lipinski definition) is 5. The molecule has 5 nitrogen and oxygen atoms in total. The summed E-state index contributed by atoms with van der Waals surface area (Å²) < 4.78 is 18.2. The van der Waals surface area contributed by atoms with Crippen LogP contribution in [0.25, 0.3) is 0 Å². The molecule has 2 atom stereocenters. The highest BCUT2D eigenvalue weighted by molar-refractivity contribution is 4.94. The first-order valence-electron chi connectivity index (χ1n) is 7.49. The van der Waals surface area contributed by atoms with Crippen LogP contribution < -0.4 is 5.73 Å². The monoisotopic (exact) mass is 270 g/mol. The Kier molecular flexibility index (Phi) is 3.60. The predicted molar refractivity (Wildman–Crippen MR) is 71.6 cm³/mol. The van der Waals surface area contributed by atoms with E-state index in [0.717, 1.165) is 51.9 Å². The lowest BCUT2D eigenvalue weighted by Crippen LogP contribution is -2.56. The predicted octanol–water partition coefficient (Wildman–Crippen LogP) is 1.07. The second-order valence-corrected chi connectivity index (χ2v) is 6.52. The molecule has 3 rings (SSSR count). The first kappa shape index (κ1) is 13.8. The van der Waals surface area contributed by atoms with Gasteiger partial charge in [0.15, 0.2) is 5.79 Å². The maximum Gasteiger partial charge on any atom is 0.210 e. The van der Waals surface area contributed by atoms with Crippen molar-refractivity contribution in [2.75, 3.05) is 26.2 Å². The van der Waals surface area contributed by atoms with Crippen LogP contribution in [0.2, 0.25) is 0 Å². The highest BCUT2D eigenvalue weighted by Gasteiger charge is 2.56. The van der Waals surface area contributed by atoms with E-state index >= 15 is 0 Å². The molecular formula is C14H26N2O3. The van der Waals surface area contributed by atoms with Crippen molar-refractivity contribution in [3.05, 3.63) is 0 Å². The lowest BCUT2D eigenvalue weighted by atomic mass is 9.99. The maximum atomic E-state index is 6.15. The number of rotatable bonds is 2. The van der Waals surface area contributed by atoms with Gasteiger partial charge in [0.1, 0.15) is 6.10 Å². The van der Waals surface area contributed by atoms with E-state index in [4.69, 9.17) is 19.9 Å². The topological polar surface area (TPSA) is 57.0 Å². The van der Waals surface area contributed by atoms with Crippen molar-refractivity contribution < 1.29 is 14.2 Å². The molecule has 0 saturated carbocycles. The van der Waals surface area contributed by atoms with Gasteiger partial charge in [0.2, 0.25) is 5.79 Å². The van der Waals surface area contributed by atoms with Crippen LogP contribution in [0.1, 0.15) is 39.5 Å². The molecule has 2 N–H and O–H groups in total. The van der Waals surface area contributed by atoms with Gasteiger partial charge in [-0.05, 0) is 52.6 Å². The van der Waals surface area contributed by atoms with Crippen molar-refractivity contribution in [1.29, 1.82) is 0 Å². The van der Waals surface area contributed by atoms with Gasteiger partial charge in [0.25, 0.3) is 0 Å². The maximum absolute atomic E-state index is 6.15. The molecule has 3 saturated heterocycles. The molecule has 0 aliphatic carbocycles. The zero-order chi connectivity index (χ0) is 13.5. The first-order valence-corrected chi connectivity index (χ1v) is 7.49. The fraction of sp³-hybridized carbons (Fsp3) is 1.00. The number of nitrogens with zero attached hydrogens (tertiary/aromatic N) is 1. The molecule has 3 aliphatic heterocycles. The van der Waals surface area contributed by atoms with E-state index in [1.54, 1.807) is 0 Å². The summed E-state index contributed by atoms with van der Waals surface area (Å²) >= 11 is 0. The van der Waals surface area contributed by atoms with Gasteiger partial charge in [-0.25, -0.2) is 0 Å². The van der Waals surface area contributed by atoms with Crippen LogP contribution in [-0.4, -0.2) is 54.9 Å². The molecule has 0 radical (unpaired) electrons. The minimum atomic E-state index is -0.566. The number of nitrogens with two attached hydrogens (primary N) is 1. The lowest BCUT2D eigenvalue weighted by molar-refractivity contribution is -0.271. The molecule has 0 spiro atoms. The molecule has 3 fully saturated rings. The van der Waals surface area contributed by atoms with Gasteiger partial charge in [-0.1, -0.05) is 0 Å². The molecule has 5 heteroatoms. The van der Waals surface area contributed by atoms with Crippen molar-refractivity contribution in [2.24, 2.45) is 5.73 Å². The number of likely N-dealkylation sites (tertiary alicyclic amines) is 1. The number of piperidine rings is 1. The van der Waals surface area contributed by atoms with E-state index in [2.05, 4.69) is 4.90 Å². The number of ether oxygens (including phenoxy) is 3. The van der Waals surface area contributed by atoms with Crippen molar-refractivity contribution in [3.8, 4) is 0 Å². The number of hydrogen-bond donors (Lipinski definition) is 1. The van der Waals surface area contributed by atoms with E-state index in [-0.39, 0.29) is 6.10 Å². The Labute approximate surface area is 115 Å². The normalized spacial score (nSPS) is 40.3. The minimum Gasteiger partial charge on any atom is -0.346 e. The number of fused-ring (bicyclic) bond motifs is 1. The van der Waals surface area contributed by atoms with Crippen LogP contribution in [0.5, 0.6) is 0 Å². The van der Waals surface area contributed by atoms with Crippen molar-refractivity contribution in [2.45, 2.75) is 63.3 Å². The van der Waals surface area contributed by atoms with Crippen molar-refractivity contribution in [1.82, 2.24) is 4.90 Å². The molecule has 0 amide bonds. The van der Waals surface area contributed by atoms with Crippen LogP contribution in [0, 0.1) is 0 Å². The summed E-state index contributed by atoms with van der Waals surface area (Å²) in [4.78, 5) is 2.41. The van der Waals surface area contributed by atoms with E-state index in [1.807, 2.05) is 13.8 Å². The fourth-order valence-corrected chi connectivity index (χ4v) is 3.46. The smallest absolute Gasteiger partial charge is 0.210 e. The largest absolute Gasteiger partial charge is 0.346 e. The SMILES string of the molecule is CC1(C)O[C@H]2CCCOC2(CN2CCC(N)CC2)O1. The Bertz CT molecular complexity index is 329. The Balaban J connectivity index is 1.69. The van der Waals surface area contributed by atoms with Crippen molar-refractivity contribution >= 4 is 0 Å². The van der Waals surface area contributed by atoms with Crippen LogP contribution in [0.3, 0.4) is 0 Å². The van der Waals surface area contributed by atoms with Crippen LogP contribution in [0.15, 0.2) is 0 Å². The summed E-state index contributed by atoms with van der Waals surface area (Å²) in [5, 5.41) is 0. The van der Waals surface area contributed by atoms with Crippen LogP contribution >= 0.6 is 0 Å². The van der Waals surface area contributed by atoms with Crippen LogP contribution in [-0.2, 0) is 14.2 Å². The summed E-state index contributed by atoms with van der Waals surface area (Å²) in [7, 11) is 0. The second-order valence-electron chi connectivity index (χ2n) is 6.52. The van der Waals surface area contributed by atoms with Crippen molar-refractivity contribution in [3.63, 3.8) is 0 Å². The molecule has 3 aliphatic rings. The third-order valence-electron chi connectivity index (χ3n) is 4.37. The summed E-state index contributed by atoms with van der Waals surface area (Å²) in [6, 6.07) is 0.356. The molecule has 19 heavy (non-hydrogen) atoms. The Morgan fingerprint density at radius 3 is 2.68 bits per heavy atom. The highest BCUT2D eigenvalue weighted by atomic mass is 16.8. The summed E-state index contributed by atoms with van der Waals surface area (Å²) in [5.74, 6) is -1.11. The third kappa shape index (κ3) is 2.81. The summed E-state index contributed by atoms with van der Waals surface area (Å²) in [5.41, 5.74) is 5.96. The first-order chi connectivity index (χ1) is 8.99. The molecule has 0 aromatic rings. The molecule has 0 aromatic carbocycles. The Morgan fingerprint density at radius 1 is 1.21 bits per heavy atom. The highest BCUT2D eigenvalue weighted by Crippen LogP contribution is 2.42. The third-order valence-corrected chi connectivity index (χ3v) is 4.37. The van der Waals surface area contributed by atoms with Gasteiger partial charge < -0.3 is 19.9 Å². The molecule has 110 valence electrons. The zero-order valence-corrected chi connectivity index (χ0v) is 12.1. The summed E-state index contributed by atoms with van der Waals surface area (Å²) in [6.45, 7) is 7.58. The molecule has 0 bridgehead atoms. The standard InChI is InChI=1S/C14H26N2O3/c1-13(2)18-12-4-3-9-17-14(12,19-13)10-16-7-5-11(15)6-8-16/h11-12H,3-10,15H2,1-2H3/t12-,14?/m0/s1. The molecule has 3 heterocycles. The second kappa shape index (κ2) is 4.97. The van der Waals surface area contributed by atoms with Gasteiger partial charge in [-0.15, -0.1) is 0 Å². The van der Waals surface area contributed by atoms with Gasteiger partial charge in [-0.2, -0.15) is 0 Å². The van der Waals surface area contributed by atoms with E-state index in [1.165, 1.54) is 0 Å². The Morgan fingerprint density at radius 2 is 1.95 bits per heavy atom. The van der Waals surface area contributed by atoms with Gasteiger partial charge >= 0.3 is 0 Å². The minimum absolute atomic E-state index is 0.0619. The van der Waals surface area contributed by atoms with Gasteiger partial charge in [0, 0.05) is 6.04 Å². The Hall–Kier alpha value is -0.200. The van der Waals surface area contributed by atoms with Gasteiger partial charge in [0.05, 0.1) is 13.2 Å². The average Bonchev–Trinajstić information content (AvgIpc) is 2.62.